The highest BCUT2D eigenvalue weighted by molar-refractivity contribution is 8.14. The number of aromatic hydroxyl groups is 1. The molecular weight excluding hydrogens is 466 g/mol. The summed E-state index contributed by atoms with van der Waals surface area (Å²) in [6, 6.07) is 4.39. The zero-order valence-electron chi connectivity index (χ0n) is 17.8. The molecule has 1 saturated heterocycles. The van der Waals surface area contributed by atoms with E-state index in [1.165, 1.54) is 18.9 Å². The Morgan fingerprint density at radius 3 is 2.82 bits per heavy atom. The number of phenolic OH excluding ortho intramolecular Hbond substituents is 1. The molecule has 0 bridgehead atoms. The van der Waals surface area contributed by atoms with Crippen LogP contribution >= 0.6 is 23.5 Å². The molecule has 9 nitrogen and oxygen atoms in total. The number of thioether (sulfide) groups is 2. The monoisotopic (exact) mass is 487 g/mol. The van der Waals surface area contributed by atoms with Crippen molar-refractivity contribution in [1.29, 1.82) is 0 Å². The van der Waals surface area contributed by atoms with Crippen LogP contribution in [-0.4, -0.2) is 75.8 Å². The van der Waals surface area contributed by atoms with Gasteiger partial charge in [0.15, 0.2) is 5.75 Å². The van der Waals surface area contributed by atoms with E-state index in [2.05, 4.69) is 17.2 Å². The summed E-state index contributed by atoms with van der Waals surface area (Å²) in [7, 11) is 3.13. The fourth-order valence-electron chi connectivity index (χ4n) is 3.70. The van der Waals surface area contributed by atoms with Gasteiger partial charge in [-0.25, -0.2) is 0 Å². The van der Waals surface area contributed by atoms with Crippen LogP contribution in [0.25, 0.3) is 0 Å². The average molecular weight is 488 g/mol. The van der Waals surface area contributed by atoms with Crippen molar-refractivity contribution >= 4 is 40.2 Å². The topological polar surface area (TPSA) is 129 Å². The molecule has 11 heteroatoms. The third-order valence-electron chi connectivity index (χ3n) is 5.49. The molecule has 2 heterocycles. The summed E-state index contributed by atoms with van der Waals surface area (Å²) in [5, 5.41) is 23.2. The number of aliphatic imine (C=N–C) groups is 1. The lowest BCUT2D eigenvalue weighted by Crippen LogP contribution is -2.42. The minimum Gasteiger partial charge on any atom is -0.507 e. The largest absolute Gasteiger partial charge is 0.507 e. The van der Waals surface area contributed by atoms with Gasteiger partial charge in [-0.3, -0.25) is 24.3 Å². The predicted octanol–water partition coefficient (Wildman–Crippen LogP) is 0.780. The molecule has 172 valence electrons. The summed E-state index contributed by atoms with van der Waals surface area (Å²) in [6.07, 6.45) is 0. The van der Waals surface area contributed by atoms with E-state index in [0.29, 0.717) is 27.7 Å². The number of carbonyl (C=O) groups is 1. The number of nitrogens with zero attached hydrogens (tertiary/aromatic N) is 2. The van der Waals surface area contributed by atoms with Gasteiger partial charge in [-0.15, -0.1) is 23.5 Å². The lowest BCUT2D eigenvalue weighted by atomic mass is 10.1. The maximum absolute atomic E-state index is 11.5. The van der Waals surface area contributed by atoms with E-state index in [4.69, 9.17) is 9.73 Å². The number of likely N-dealkylation sites (N-methyl/N-ethyl adjacent to an activating group) is 1. The van der Waals surface area contributed by atoms with Crippen LogP contribution in [0.2, 0.25) is 0 Å². The number of aliphatic carboxylic acids is 1. The molecule has 0 radical (unpaired) electrons. The number of hydrogen-bond donors (Lipinski definition) is 3. The summed E-state index contributed by atoms with van der Waals surface area (Å²) >= 11 is 3.11. The fourth-order valence-corrected chi connectivity index (χ4v) is 6.46. The summed E-state index contributed by atoms with van der Waals surface area (Å²) in [4.78, 5) is 40.9. The van der Waals surface area contributed by atoms with E-state index in [-0.39, 0.29) is 35.1 Å². The van der Waals surface area contributed by atoms with Crippen LogP contribution in [0, 0.1) is 11.8 Å². The number of methoxy groups -OCH3 is 1. The summed E-state index contributed by atoms with van der Waals surface area (Å²) in [5.41, 5.74) is 0.0985. The predicted molar refractivity (Wildman–Crippen MR) is 130 cm³/mol. The van der Waals surface area contributed by atoms with Crippen molar-refractivity contribution in [3.8, 4) is 23.3 Å². The average Bonchev–Trinajstić information content (AvgIpc) is 3.43. The Morgan fingerprint density at radius 1 is 1.33 bits per heavy atom. The van der Waals surface area contributed by atoms with Crippen LogP contribution < -0.4 is 20.9 Å². The van der Waals surface area contributed by atoms with Crippen molar-refractivity contribution < 1.29 is 19.7 Å². The summed E-state index contributed by atoms with van der Waals surface area (Å²) < 4.78 is 4.87. The van der Waals surface area contributed by atoms with Crippen molar-refractivity contribution in [3.63, 3.8) is 0 Å². The molecule has 2 aliphatic heterocycles. The fraction of sp³-hybridized carbons (Fsp3) is 0.364. The number of hydrogen-bond acceptors (Lipinski definition) is 10. The standard InChI is InChI=1S/C22H21N3O6S2/c1-25-14(22(29)30)10-33-21(25)13-9-32-20(24-13)12-8-11(5-6-15(12)26)4-3-7-23-16-17(27)18(28)19(16)31-2/h5-6,8,13-14,21,23,26H,7,9-10H2,1-2H3,(H,29,30)/t13-,14+,21-/m1/s1. The number of carboxylic acids is 1. The minimum absolute atomic E-state index is 0.0142. The zero-order valence-corrected chi connectivity index (χ0v) is 19.5. The molecule has 4 rings (SSSR count). The second-order valence-electron chi connectivity index (χ2n) is 7.51. The van der Waals surface area contributed by atoms with E-state index in [9.17, 15) is 24.6 Å². The highest BCUT2D eigenvalue weighted by Gasteiger charge is 2.41. The van der Waals surface area contributed by atoms with E-state index < -0.39 is 22.9 Å². The van der Waals surface area contributed by atoms with Gasteiger partial charge in [0.2, 0.25) is 0 Å². The smallest absolute Gasteiger partial charge is 0.321 e. The van der Waals surface area contributed by atoms with E-state index in [1.807, 2.05) is 11.9 Å². The molecule has 0 unspecified atom stereocenters. The molecule has 1 fully saturated rings. The molecule has 33 heavy (non-hydrogen) atoms. The Balaban J connectivity index is 1.45. The Kier molecular flexibility index (Phi) is 6.69. The summed E-state index contributed by atoms with van der Waals surface area (Å²) in [6.45, 7) is 0.144. The van der Waals surface area contributed by atoms with Crippen LogP contribution in [0.5, 0.6) is 11.5 Å². The van der Waals surface area contributed by atoms with Crippen LogP contribution in [-0.2, 0) is 4.79 Å². The van der Waals surface area contributed by atoms with Crippen LogP contribution in [0.1, 0.15) is 11.1 Å². The number of rotatable bonds is 6. The normalized spacial score (nSPS) is 22.6. The third kappa shape index (κ3) is 4.46. The lowest BCUT2D eigenvalue weighted by molar-refractivity contribution is -0.141. The van der Waals surface area contributed by atoms with Crippen molar-refractivity contribution in [2.75, 3.05) is 37.5 Å². The minimum atomic E-state index is -0.830. The molecule has 2 aromatic carbocycles. The van der Waals surface area contributed by atoms with Gasteiger partial charge in [-0.2, -0.15) is 0 Å². The van der Waals surface area contributed by atoms with Gasteiger partial charge in [0, 0.05) is 22.6 Å². The molecule has 2 aromatic rings. The number of phenols is 1. The van der Waals surface area contributed by atoms with E-state index >= 15 is 0 Å². The lowest BCUT2D eigenvalue weighted by Gasteiger charge is -2.24. The molecule has 0 spiro atoms. The quantitative estimate of drug-likeness (QED) is 0.397. The Bertz CT molecular complexity index is 1260. The van der Waals surface area contributed by atoms with Gasteiger partial charge >= 0.3 is 5.97 Å². The first-order valence-electron chi connectivity index (χ1n) is 10.0. The number of nitrogens with one attached hydrogen (secondary N) is 1. The number of carboxylic acid groups (broad SMARTS) is 1. The SMILES string of the molecule is COc1c(NCC#Cc2ccc(O)c(C3=N[C@@H]([C@H]4SC[C@@H](C(=O)O)N4C)CS3)c2)c(=O)c1=O. The molecule has 3 atom stereocenters. The Hall–Kier alpha value is -2.94. The summed E-state index contributed by atoms with van der Waals surface area (Å²) in [5.74, 6) is 6.35. The van der Waals surface area contributed by atoms with Crippen LogP contribution in [0.3, 0.4) is 0 Å². The molecule has 0 saturated carbocycles. The highest BCUT2D eigenvalue weighted by Crippen LogP contribution is 2.37. The first-order valence-corrected chi connectivity index (χ1v) is 12.1. The van der Waals surface area contributed by atoms with Gasteiger partial charge in [0.1, 0.15) is 22.5 Å². The molecule has 3 N–H and O–H groups in total. The highest BCUT2D eigenvalue weighted by atomic mass is 32.2. The van der Waals surface area contributed by atoms with Gasteiger partial charge in [0.05, 0.1) is 25.1 Å². The van der Waals surface area contributed by atoms with Gasteiger partial charge in [0.25, 0.3) is 10.9 Å². The maximum Gasteiger partial charge on any atom is 0.321 e. The van der Waals surface area contributed by atoms with Crippen LogP contribution in [0.15, 0.2) is 32.8 Å². The Morgan fingerprint density at radius 2 is 2.12 bits per heavy atom. The zero-order chi connectivity index (χ0) is 23.7. The molecule has 0 aliphatic carbocycles. The van der Waals surface area contributed by atoms with Crippen molar-refractivity contribution in [2.24, 2.45) is 4.99 Å². The van der Waals surface area contributed by atoms with Gasteiger partial charge in [-0.05, 0) is 25.2 Å². The number of ether oxygens (including phenoxy) is 1. The molecule has 2 aliphatic rings. The van der Waals surface area contributed by atoms with Crippen LogP contribution in [0.4, 0.5) is 5.69 Å². The second-order valence-corrected chi connectivity index (χ2v) is 9.67. The molecular formula is C22H21N3O6S2. The third-order valence-corrected chi connectivity index (χ3v) is 8.09. The maximum atomic E-state index is 11.5. The Labute approximate surface area is 197 Å². The van der Waals surface area contributed by atoms with E-state index in [0.717, 1.165) is 0 Å². The number of benzene rings is 1. The van der Waals surface area contributed by atoms with Gasteiger partial charge < -0.3 is 20.3 Å². The first kappa shape index (κ1) is 23.2. The van der Waals surface area contributed by atoms with Crippen molar-refractivity contribution in [3.05, 3.63) is 49.8 Å². The second kappa shape index (κ2) is 9.51. The van der Waals surface area contributed by atoms with Crippen molar-refractivity contribution in [2.45, 2.75) is 17.5 Å². The molecule has 0 amide bonds. The van der Waals surface area contributed by atoms with E-state index in [1.54, 1.807) is 30.0 Å². The first-order chi connectivity index (χ1) is 15.8. The molecule has 0 aromatic heterocycles. The van der Waals surface area contributed by atoms with Crippen molar-refractivity contribution in [1.82, 2.24) is 4.90 Å². The van der Waals surface area contributed by atoms with Gasteiger partial charge in [-0.1, -0.05) is 11.8 Å². The number of anilines is 1.